The summed E-state index contributed by atoms with van der Waals surface area (Å²) in [5.74, 6) is 0.0856. The van der Waals surface area contributed by atoms with Gasteiger partial charge in [0.25, 0.3) is 5.91 Å². The van der Waals surface area contributed by atoms with Gasteiger partial charge in [0.1, 0.15) is 0 Å². The van der Waals surface area contributed by atoms with Gasteiger partial charge in [0.05, 0.1) is 6.04 Å². The largest absolute Gasteiger partial charge is 0.361 e. The van der Waals surface area contributed by atoms with Gasteiger partial charge in [-0.25, -0.2) is 0 Å². The number of aromatic nitrogens is 1. The van der Waals surface area contributed by atoms with Crippen LogP contribution < -0.4 is 5.32 Å². The van der Waals surface area contributed by atoms with Gasteiger partial charge in [0, 0.05) is 54.5 Å². The molecule has 1 aliphatic heterocycles. The third-order valence-electron chi connectivity index (χ3n) is 6.88. The van der Waals surface area contributed by atoms with E-state index >= 15 is 0 Å². The lowest BCUT2D eigenvalue weighted by atomic mass is 10.0. The van der Waals surface area contributed by atoms with Crippen LogP contribution in [0.3, 0.4) is 0 Å². The molecular weight excluding hydrogens is 412 g/mol. The fourth-order valence-corrected chi connectivity index (χ4v) is 5.29. The molecule has 1 fully saturated rings. The minimum Gasteiger partial charge on any atom is -0.361 e. The van der Waals surface area contributed by atoms with Crippen molar-refractivity contribution in [1.29, 1.82) is 0 Å². The van der Waals surface area contributed by atoms with Gasteiger partial charge in [0.15, 0.2) is 0 Å². The lowest BCUT2D eigenvalue weighted by molar-refractivity contribution is -0.105. The van der Waals surface area contributed by atoms with Gasteiger partial charge >= 0.3 is 0 Å². The van der Waals surface area contributed by atoms with Crippen molar-refractivity contribution < 1.29 is 9.59 Å². The first-order valence-electron chi connectivity index (χ1n) is 11.3. The minimum absolute atomic E-state index is 0.0856. The Bertz CT molecular complexity index is 1370. The van der Waals surface area contributed by atoms with E-state index in [1.165, 1.54) is 22.3 Å². The quantitative estimate of drug-likeness (QED) is 0.470. The molecule has 0 saturated carbocycles. The number of hydrogen-bond donors (Lipinski definition) is 2. The molecule has 1 atom stereocenters. The number of nitrogens with zero attached hydrogens (tertiary/aromatic N) is 2. The molecule has 0 bridgehead atoms. The van der Waals surface area contributed by atoms with E-state index in [0.29, 0.717) is 19.5 Å². The SMILES string of the molecule is O=CNc1ccc2c(c1)C(N1CCN(C(=O)c3ccc4[nH]ccc4c3)CC1)c1ccccc1-2. The molecule has 0 spiro atoms. The molecule has 1 unspecified atom stereocenters. The van der Waals surface area contributed by atoms with E-state index < -0.39 is 0 Å². The molecule has 1 aromatic heterocycles. The summed E-state index contributed by atoms with van der Waals surface area (Å²) >= 11 is 0. The molecule has 33 heavy (non-hydrogen) atoms. The van der Waals surface area contributed by atoms with Crippen molar-refractivity contribution in [3.05, 3.63) is 89.6 Å². The standard InChI is InChI=1S/C27H24N4O2/c32-17-29-20-6-7-22-21-3-1-2-4-23(21)26(24(22)16-20)30-11-13-31(14-12-30)27(33)19-5-8-25-18(15-19)9-10-28-25/h1-10,15-17,26,28H,11-14H2,(H,29,32). The normalized spacial score (nSPS) is 17.6. The molecule has 6 nitrogen and oxygen atoms in total. The van der Waals surface area contributed by atoms with E-state index in [1.807, 2.05) is 41.4 Å². The fourth-order valence-electron chi connectivity index (χ4n) is 5.29. The number of rotatable bonds is 4. The van der Waals surface area contributed by atoms with Crippen LogP contribution in [0.25, 0.3) is 22.0 Å². The Morgan fingerprint density at radius 2 is 1.73 bits per heavy atom. The molecule has 4 aromatic rings. The molecule has 2 amide bonds. The fraction of sp³-hybridized carbons (Fsp3) is 0.185. The van der Waals surface area contributed by atoms with Crippen molar-refractivity contribution in [3.63, 3.8) is 0 Å². The summed E-state index contributed by atoms with van der Waals surface area (Å²) in [5, 5.41) is 3.84. The topological polar surface area (TPSA) is 68.4 Å². The number of piperazine rings is 1. The smallest absolute Gasteiger partial charge is 0.253 e. The number of carbonyl (C=O) groups is 2. The monoisotopic (exact) mass is 436 g/mol. The summed E-state index contributed by atoms with van der Waals surface area (Å²) < 4.78 is 0. The van der Waals surface area contributed by atoms with Crippen LogP contribution in [0.4, 0.5) is 5.69 Å². The van der Waals surface area contributed by atoms with Crippen molar-refractivity contribution in [2.75, 3.05) is 31.5 Å². The zero-order valence-electron chi connectivity index (χ0n) is 18.1. The summed E-state index contributed by atoms with van der Waals surface area (Å²) in [6, 6.07) is 22.6. The first-order valence-corrected chi connectivity index (χ1v) is 11.3. The second-order valence-corrected chi connectivity index (χ2v) is 8.66. The first kappa shape index (κ1) is 19.8. The predicted molar refractivity (Wildman–Crippen MR) is 129 cm³/mol. The van der Waals surface area contributed by atoms with E-state index in [9.17, 15) is 9.59 Å². The van der Waals surface area contributed by atoms with Crippen molar-refractivity contribution >= 4 is 28.9 Å². The van der Waals surface area contributed by atoms with Gasteiger partial charge in [-0.3, -0.25) is 14.5 Å². The highest BCUT2D eigenvalue weighted by Gasteiger charge is 2.35. The van der Waals surface area contributed by atoms with Gasteiger partial charge in [0.2, 0.25) is 6.41 Å². The molecule has 1 saturated heterocycles. The van der Waals surface area contributed by atoms with Crippen LogP contribution in [0, 0.1) is 0 Å². The molecule has 2 aliphatic rings. The number of amides is 2. The van der Waals surface area contributed by atoms with E-state index in [1.54, 1.807) is 0 Å². The highest BCUT2D eigenvalue weighted by atomic mass is 16.2. The Kier molecular flexibility index (Phi) is 4.73. The second-order valence-electron chi connectivity index (χ2n) is 8.66. The van der Waals surface area contributed by atoms with Crippen molar-refractivity contribution in [2.45, 2.75) is 6.04 Å². The van der Waals surface area contributed by atoms with Gasteiger partial charge in [-0.1, -0.05) is 30.3 Å². The highest BCUT2D eigenvalue weighted by molar-refractivity contribution is 5.98. The molecule has 164 valence electrons. The first-order chi connectivity index (χ1) is 16.2. The molecule has 1 aliphatic carbocycles. The highest BCUT2D eigenvalue weighted by Crippen LogP contribution is 2.47. The summed E-state index contributed by atoms with van der Waals surface area (Å²) in [7, 11) is 0. The molecule has 3 aromatic carbocycles. The summed E-state index contributed by atoms with van der Waals surface area (Å²) in [5.41, 5.74) is 7.53. The molecule has 2 heterocycles. The Morgan fingerprint density at radius 1 is 0.909 bits per heavy atom. The number of nitrogens with one attached hydrogen (secondary N) is 2. The number of anilines is 1. The van der Waals surface area contributed by atoms with Gasteiger partial charge in [-0.05, 0) is 58.7 Å². The van der Waals surface area contributed by atoms with Crippen LogP contribution in [-0.4, -0.2) is 53.3 Å². The molecule has 6 heteroatoms. The third kappa shape index (κ3) is 3.31. The number of carbonyl (C=O) groups excluding carboxylic acids is 2. The van der Waals surface area contributed by atoms with E-state index in [2.05, 4.69) is 51.6 Å². The van der Waals surface area contributed by atoms with Crippen molar-refractivity contribution in [3.8, 4) is 11.1 Å². The molecule has 0 radical (unpaired) electrons. The maximum absolute atomic E-state index is 13.2. The molecule has 2 N–H and O–H groups in total. The Hall–Kier alpha value is -3.90. The average Bonchev–Trinajstić information content (AvgIpc) is 3.45. The van der Waals surface area contributed by atoms with Crippen LogP contribution in [0.2, 0.25) is 0 Å². The third-order valence-corrected chi connectivity index (χ3v) is 6.88. The zero-order valence-corrected chi connectivity index (χ0v) is 18.1. The number of benzene rings is 3. The summed E-state index contributed by atoms with van der Waals surface area (Å²) in [4.78, 5) is 31.7. The lowest BCUT2D eigenvalue weighted by Gasteiger charge is -2.38. The predicted octanol–water partition coefficient (Wildman–Crippen LogP) is 4.26. The van der Waals surface area contributed by atoms with Gasteiger partial charge in [-0.2, -0.15) is 0 Å². The number of aromatic amines is 1. The van der Waals surface area contributed by atoms with Crippen LogP contribution in [0.5, 0.6) is 0 Å². The van der Waals surface area contributed by atoms with Crippen molar-refractivity contribution in [2.24, 2.45) is 0 Å². The number of hydrogen-bond acceptors (Lipinski definition) is 3. The van der Waals surface area contributed by atoms with E-state index in [-0.39, 0.29) is 11.9 Å². The number of fused-ring (bicyclic) bond motifs is 4. The van der Waals surface area contributed by atoms with Crippen LogP contribution in [0.1, 0.15) is 27.5 Å². The minimum atomic E-state index is 0.0856. The van der Waals surface area contributed by atoms with E-state index in [4.69, 9.17) is 0 Å². The number of H-pyrrole nitrogens is 1. The summed E-state index contributed by atoms with van der Waals surface area (Å²) in [6.07, 6.45) is 2.61. The lowest BCUT2D eigenvalue weighted by Crippen LogP contribution is -2.49. The average molecular weight is 437 g/mol. The Labute approximate surface area is 191 Å². The maximum Gasteiger partial charge on any atom is 0.253 e. The zero-order chi connectivity index (χ0) is 22.4. The second kappa shape index (κ2) is 7.90. The van der Waals surface area contributed by atoms with Crippen molar-refractivity contribution in [1.82, 2.24) is 14.8 Å². The molecule has 6 rings (SSSR count). The summed E-state index contributed by atoms with van der Waals surface area (Å²) in [6.45, 7) is 2.96. The van der Waals surface area contributed by atoms with Crippen LogP contribution in [0.15, 0.2) is 72.9 Å². The van der Waals surface area contributed by atoms with Crippen LogP contribution in [-0.2, 0) is 4.79 Å². The van der Waals surface area contributed by atoms with Gasteiger partial charge in [-0.15, -0.1) is 0 Å². The van der Waals surface area contributed by atoms with Gasteiger partial charge < -0.3 is 15.2 Å². The Balaban J connectivity index is 1.25. The van der Waals surface area contributed by atoms with E-state index in [0.717, 1.165) is 35.2 Å². The maximum atomic E-state index is 13.2. The Morgan fingerprint density at radius 3 is 2.58 bits per heavy atom. The molecular formula is C27H24N4O2. The van der Waals surface area contributed by atoms with Crippen LogP contribution >= 0.6 is 0 Å².